The van der Waals surface area contributed by atoms with Gasteiger partial charge in [0.25, 0.3) is 0 Å². The molecule has 0 spiro atoms. The number of fused-ring (bicyclic) bond motifs is 3. The molecular formula is C31H55NO7. The number of hydrogen-bond acceptors (Lipinski definition) is 8. The number of hydrogen-bond donors (Lipinski definition) is 4. The molecule has 5 N–H and O–H groups in total. The first-order valence-electron chi connectivity index (χ1n) is 15.1. The molecule has 0 amide bonds. The maximum atomic E-state index is 11.8. The zero-order chi connectivity index (χ0) is 29.3. The van der Waals surface area contributed by atoms with E-state index >= 15 is 0 Å². The van der Waals surface area contributed by atoms with Gasteiger partial charge in [0.2, 0.25) is 0 Å². The Morgan fingerprint density at radius 1 is 0.974 bits per heavy atom. The maximum absolute atomic E-state index is 11.8. The summed E-state index contributed by atoms with van der Waals surface area (Å²) in [5.74, 6) is 0.158. The standard InChI is InChI=1S/C31H55NO7/c1-17(2)30(35)15-22(36-25-14-21(27(7,8)33)13-24(32)29(25,10)34)19(5)23(16-30)37-26-20(6)31(18(3)4)12-11-28(26,9)38-39-31/h17-18,20-26,33-35H,5,11-16,32H2,1-4,6-10H3. The van der Waals surface area contributed by atoms with Crippen LogP contribution >= 0.6 is 0 Å². The van der Waals surface area contributed by atoms with Crippen LogP contribution in [0.5, 0.6) is 0 Å². The van der Waals surface area contributed by atoms with Gasteiger partial charge in [-0.3, -0.25) is 0 Å². The molecule has 39 heavy (non-hydrogen) atoms. The molecule has 2 saturated heterocycles. The summed E-state index contributed by atoms with van der Waals surface area (Å²) < 4.78 is 13.6. The molecule has 11 atom stereocenters. The highest BCUT2D eigenvalue weighted by atomic mass is 17.2. The van der Waals surface area contributed by atoms with Crippen molar-refractivity contribution in [2.75, 3.05) is 0 Å². The van der Waals surface area contributed by atoms with Gasteiger partial charge in [0.05, 0.1) is 35.6 Å². The second-order valence-electron chi connectivity index (χ2n) is 14.9. The van der Waals surface area contributed by atoms with Crippen LogP contribution in [-0.2, 0) is 19.2 Å². The van der Waals surface area contributed by atoms with E-state index in [2.05, 4.69) is 27.4 Å². The summed E-state index contributed by atoms with van der Waals surface area (Å²) in [7, 11) is 0. The highest BCUT2D eigenvalue weighted by molar-refractivity contribution is 5.20. The van der Waals surface area contributed by atoms with Gasteiger partial charge < -0.3 is 30.5 Å². The average Bonchev–Trinajstić information content (AvgIpc) is 2.81. The molecule has 3 saturated carbocycles. The van der Waals surface area contributed by atoms with Crippen LogP contribution in [0.2, 0.25) is 0 Å². The van der Waals surface area contributed by atoms with Crippen LogP contribution in [0.15, 0.2) is 12.2 Å². The Kier molecular flexibility index (Phi) is 8.28. The Morgan fingerprint density at radius 2 is 1.56 bits per heavy atom. The minimum Gasteiger partial charge on any atom is -0.390 e. The molecular weight excluding hydrogens is 498 g/mol. The van der Waals surface area contributed by atoms with Crippen LogP contribution in [0.4, 0.5) is 0 Å². The molecule has 8 heteroatoms. The van der Waals surface area contributed by atoms with Crippen LogP contribution in [0, 0.1) is 23.7 Å². The van der Waals surface area contributed by atoms with Crippen LogP contribution in [0.25, 0.3) is 0 Å². The SMILES string of the molecule is C=C1C(OC2C(C)C3(C(C)C)CCC2(C)OO3)CC(O)(C(C)C)CC1OC1CC(C(C)(C)O)CC(N)C1(C)O. The number of ether oxygens (including phenoxy) is 2. The van der Waals surface area contributed by atoms with Gasteiger partial charge in [0.1, 0.15) is 16.8 Å². The number of aliphatic hydroxyl groups is 3. The van der Waals surface area contributed by atoms with Gasteiger partial charge in [-0.25, -0.2) is 9.78 Å². The zero-order valence-electron chi connectivity index (χ0n) is 25.7. The van der Waals surface area contributed by atoms with E-state index in [-0.39, 0.29) is 29.8 Å². The van der Waals surface area contributed by atoms with E-state index in [0.717, 1.165) is 18.4 Å². The van der Waals surface area contributed by atoms with Crippen LogP contribution < -0.4 is 5.73 Å². The highest BCUT2D eigenvalue weighted by Crippen LogP contribution is 2.55. The molecule has 0 aromatic rings. The third-order valence-electron chi connectivity index (χ3n) is 11.3. The molecule has 2 heterocycles. The van der Waals surface area contributed by atoms with E-state index in [1.165, 1.54) is 0 Å². The van der Waals surface area contributed by atoms with Crippen molar-refractivity contribution in [3.8, 4) is 0 Å². The van der Waals surface area contributed by atoms with Crippen LogP contribution in [0.1, 0.15) is 101 Å². The fourth-order valence-corrected chi connectivity index (χ4v) is 7.61. The lowest BCUT2D eigenvalue weighted by Gasteiger charge is -2.60. The topological polar surface area (TPSA) is 124 Å². The lowest BCUT2D eigenvalue weighted by molar-refractivity contribution is -0.506. The Hall–Kier alpha value is -0.580. The summed E-state index contributed by atoms with van der Waals surface area (Å²) in [6.45, 7) is 22.3. The van der Waals surface area contributed by atoms with Crippen molar-refractivity contribution in [3.05, 3.63) is 12.2 Å². The third-order valence-corrected chi connectivity index (χ3v) is 11.3. The third kappa shape index (κ3) is 5.38. The largest absolute Gasteiger partial charge is 0.390 e. The smallest absolute Gasteiger partial charge is 0.127 e. The van der Waals surface area contributed by atoms with Crippen molar-refractivity contribution in [3.63, 3.8) is 0 Å². The van der Waals surface area contributed by atoms with Gasteiger partial charge in [-0.1, -0.05) is 41.2 Å². The quantitative estimate of drug-likeness (QED) is 0.275. The summed E-state index contributed by atoms with van der Waals surface area (Å²) in [5.41, 5.74) is 2.87. The Balaban J connectivity index is 1.61. The van der Waals surface area contributed by atoms with Gasteiger partial charge in [-0.05, 0) is 76.7 Å². The van der Waals surface area contributed by atoms with Crippen molar-refractivity contribution in [2.45, 2.75) is 159 Å². The first kappa shape index (κ1) is 31.4. The predicted octanol–water partition coefficient (Wildman–Crippen LogP) is 4.04. The fraction of sp³-hybridized carbons (Fsp3) is 0.935. The molecule has 2 aliphatic heterocycles. The zero-order valence-corrected chi connectivity index (χ0v) is 25.7. The lowest BCUT2D eigenvalue weighted by atomic mass is 9.63. The predicted molar refractivity (Wildman–Crippen MR) is 150 cm³/mol. The summed E-state index contributed by atoms with van der Waals surface area (Å²) in [6.07, 6.45) is 1.59. The van der Waals surface area contributed by atoms with Gasteiger partial charge >= 0.3 is 0 Å². The summed E-state index contributed by atoms with van der Waals surface area (Å²) in [6, 6.07) is -0.552. The van der Waals surface area contributed by atoms with Crippen LogP contribution in [0.3, 0.4) is 0 Å². The Bertz CT molecular complexity index is 903. The number of nitrogens with two attached hydrogens (primary N) is 1. The first-order chi connectivity index (χ1) is 17.8. The summed E-state index contributed by atoms with van der Waals surface area (Å²) in [4.78, 5) is 12.0. The molecule has 0 radical (unpaired) electrons. The van der Waals surface area contributed by atoms with E-state index in [1.54, 1.807) is 20.8 Å². The van der Waals surface area contributed by atoms with E-state index in [9.17, 15) is 15.3 Å². The van der Waals surface area contributed by atoms with E-state index in [1.807, 2.05) is 20.8 Å². The Labute approximate surface area is 235 Å². The van der Waals surface area contributed by atoms with Crippen molar-refractivity contribution in [1.29, 1.82) is 0 Å². The van der Waals surface area contributed by atoms with Crippen LogP contribution in [-0.4, -0.2) is 73.8 Å². The molecule has 5 fully saturated rings. The van der Waals surface area contributed by atoms with Crippen molar-refractivity contribution in [2.24, 2.45) is 29.4 Å². The molecule has 3 aliphatic carbocycles. The molecule has 0 aromatic heterocycles. The van der Waals surface area contributed by atoms with Crippen molar-refractivity contribution in [1.82, 2.24) is 0 Å². The molecule has 0 aromatic carbocycles. The summed E-state index contributed by atoms with van der Waals surface area (Å²) in [5, 5.41) is 34.0. The second-order valence-corrected chi connectivity index (χ2v) is 14.9. The summed E-state index contributed by atoms with van der Waals surface area (Å²) >= 11 is 0. The first-order valence-corrected chi connectivity index (χ1v) is 15.1. The van der Waals surface area contributed by atoms with E-state index < -0.39 is 52.4 Å². The molecule has 8 nitrogen and oxygen atoms in total. The molecule has 2 bridgehead atoms. The minimum absolute atomic E-state index is 0.0431. The van der Waals surface area contributed by atoms with E-state index in [4.69, 9.17) is 25.0 Å². The van der Waals surface area contributed by atoms with Crippen molar-refractivity contribution >= 4 is 0 Å². The molecule has 226 valence electrons. The van der Waals surface area contributed by atoms with E-state index in [0.29, 0.717) is 25.7 Å². The van der Waals surface area contributed by atoms with Gasteiger partial charge in [-0.15, -0.1) is 0 Å². The second kappa shape index (κ2) is 10.3. The average molecular weight is 554 g/mol. The molecule has 5 aliphatic rings. The Morgan fingerprint density at radius 3 is 2.05 bits per heavy atom. The fourth-order valence-electron chi connectivity index (χ4n) is 7.61. The minimum atomic E-state index is -1.29. The molecule has 5 rings (SSSR count). The maximum Gasteiger partial charge on any atom is 0.127 e. The number of rotatable bonds is 7. The molecule has 11 unspecified atom stereocenters. The van der Waals surface area contributed by atoms with Gasteiger partial charge in [0.15, 0.2) is 0 Å². The highest BCUT2D eigenvalue weighted by Gasteiger charge is 2.63. The normalized spacial score (nSPS) is 49.2. The lowest BCUT2D eigenvalue weighted by Crippen LogP contribution is -2.69. The van der Waals surface area contributed by atoms with Gasteiger partial charge in [-0.2, -0.15) is 0 Å². The van der Waals surface area contributed by atoms with Gasteiger partial charge in [0, 0.05) is 24.8 Å². The van der Waals surface area contributed by atoms with Crippen molar-refractivity contribution < 1.29 is 34.6 Å². The monoisotopic (exact) mass is 553 g/mol.